The number of anilines is 2. The Morgan fingerprint density at radius 1 is 1.26 bits per heavy atom. The van der Waals surface area contributed by atoms with Crippen molar-refractivity contribution in [3.63, 3.8) is 0 Å². The highest BCUT2D eigenvalue weighted by atomic mass is 19.1. The number of halogens is 2. The average Bonchev–Trinajstić information content (AvgIpc) is 2.53. The lowest BCUT2D eigenvalue weighted by Crippen LogP contribution is -2.44. The first-order valence-corrected chi connectivity index (χ1v) is 7.19. The number of fused-ring (bicyclic) bond motifs is 1. The monoisotopic (exact) mass is 318 g/mol. The minimum absolute atomic E-state index is 0.00651. The van der Waals surface area contributed by atoms with Crippen molar-refractivity contribution in [1.82, 2.24) is 0 Å². The van der Waals surface area contributed by atoms with Crippen LogP contribution in [0.4, 0.5) is 20.2 Å². The van der Waals surface area contributed by atoms with Crippen molar-refractivity contribution in [1.29, 1.82) is 0 Å². The predicted molar refractivity (Wildman–Crippen MR) is 83.2 cm³/mol. The van der Waals surface area contributed by atoms with Crippen LogP contribution in [0.25, 0.3) is 0 Å². The van der Waals surface area contributed by atoms with E-state index in [9.17, 15) is 13.6 Å². The number of amides is 1. The van der Waals surface area contributed by atoms with E-state index in [0.29, 0.717) is 11.3 Å². The molecule has 2 aromatic carbocycles. The number of aryl methyl sites for hydroxylation is 1. The molecule has 1 unspecified atom stereocenters. The molecule has 4 nitrogen and oxygen atoms in total. The summed E-state index contributed by atoms with van der Waals surface area (Å²) in [6.07, 6.45) is -0.820. The van der Waals surface area contributed by atoms with E-state index in [0.717, 1.165) is 5.56 Å². The fourth-order valence-corrected chi connectivity index (χ4v) is 2.57. The Labute approximate surface area is 132 Å². The van der Waals surface area contributed by atoms with E-state index in [4.69, 9.17) is 10.5 Å². The zero-order valence-corrected chi connectivity index (χ0v) is 12.8. The molecule has 1 aliphatic heterocycles. The third-order valence-electron chi connectivity index (χ3n) is 3.90. The van der Waals surface area contributed by atoms with Crippen LogP contribution in [0, 0.1) is 18.6 Å². The van der Waals surface area contributed by atoms with Gasteiger partial charge < -0.3 is 15.4 Å². The lowest BCUT2D eigenvalue weighted by atomic mass is 10.1. The summed E-state index contributed by atoms with van der Waals surface area (Å²) in [6, 6.07) is 7.44. The van der Waals surface area contributed by atoms with Crippen molar-refractivity contribution in [2.45, 2.75) is 26.5 Å². The third-order valence-corrected chi connectivity index (χ3v) is 3.90. The molecule has 23 heavy (non-hydrogen) atoms. The van der Waals surface area contributed by atoms with Crippen molar-refractivity contribution in [3.05, 3.63) is 53.1 Å². The van der Waals surface area contributed by atoms with Crippen molar-refractivity contribution in [2.24, 2.45) is 0 Å². The van der Waals surface area contributed by atoms with Gasteiger partial charge in [-0.2, -0.15) is 0 Å². The zero-order chi connectivity index (χ0) is 16.7. The maximum atomic E-state index is 14.4. The van der Waals surface area contributed by atoms with Crippen LogP contribution >= 0.6 is 0 Å². The average molecular weight is 318 g/mol. The summed E-state index contributed by atoms with van der Waals surface area (Å²) < 4.78 is 32.8. The summed E-state index contributed by atoms with van der Waals surface area (Å²) in [5.74, 6) is -1.33. The van der Waals surface area contributed by atoms with Crippen molar-refractivity contribution in [3.8, 4) is 5.75 Å². The van der Waals surface area contributed by atoms with E-state index in [1.165, 1.54) is 17.0 Å². The SMILES string of the molecule is Cc1cc2c(c(F)c1N)OC(C)C(=O)N2Cc1ccc(F)cc1. The van der Waals surface area contributed by atoms with Gasteiger partial charge in [0.15, 0.2) is 17.7 Å². The molecule has 0 bridgehead atoms. The molecule has 2 aromatic rings. The molecule has 120 valence electrons. The van der Waals surface area contributed by atoms with E-state index >= 15 is 0 Å². The minimum atomic E-state index is -0.820. The van der Waals surface area contributed by atoms with Crippen LogP contribution in [-0.4, -0.2) is 12.0 Å². The first-order valence-electron chi connectivity index (χ1n) is 7.19. The van der Waals surface area contributed by atoms with E-state index in [1.807, 2.05) is 0 Å². The molecule has 3 rings (SSSR count). The number of benzene rings is 2. The van der Waals surface area contributed by atoms with E-state index < -0.39 is 11.9 Å². The van der Waals surface area contributed by atoms with E-state index in [1.54, 1.807) is 32.0 Å². The molecule has 0 aliphatic carbocycles. The number of nitrogen functional groups attached to an aromatic ring is 1. The second-order valence-corrected chi connectivity index (χ2v) is 5.58. The molecule has 1 atom stereocenters. The van der Waals surface area contributed by atoms with Crippen LogP contribution in [-0.2, 0) is 11.3 Å². The number of nitrogens with two attached hydrogens (primary N) is 1. The van der Waals surface area contributed by atoms with Gasteiger partial charge in [0.25, 0.3) is 5.91 Å². The van der Waals surface area contributed by atoms with Crippen molar-refractivity contribution < 1.29 is 18.3 Å². The molecule has 0 aromatic heterocycles. The standard InChI is InChI=1S/C17H16F2N2O2/c1-9-7-13-16(14(19)15(9)20)23-10(2)17(22)21(13)8-11-3-5-12(18)6-4-11/h3-7,10H,8,20H2,1-2H3. The number of rotatable bonds is 2. The molecule has 0 saturated heterocycles. The minimum Gasteiger partial charge on any atom is -0.476 e. The zero-order valence-electron chi connectivity index (χ0n) is 12.8. The molecule has 0 saturated carbocycles. The number of hydrogen-bond donors (Lipinski definition) is 1. The van der Waals surface area contributed by atoms with Crippen LogP contribution < -0.4 is 15.4 Å². The molecule has 6 heteroatoms. The number of hydrogen-bond acceptors (Lipinski definition) is 3. The van der Waals surface area contributed by atoms with Gasteiger partial charge >= 0.3 is 0 Å². The predicted octanol–water partition coefficient (Wildman–Crippen LogP) is 3.17. The van der Waals surface area contributed by atoms with Gasteiger partial charge in [0.05, 0.1) is 17.9 Å². The highest BCUT2D eigenvalue weighted by Crippen LogP contribution is 2.41. The Morgan fingerprint density at radius 3 is 2.57 bits per heavy atom. The van der Waals surface area contributed by atoms with Gasteiger partial charge in [-0.05, 0) is 43.2 Å². The summed E-state index contributed by atoms with van der Waals surface area (Å²) in [4.78, 5) is 13.9. The second-order valence-electron chi connectivity index (χ2n) is 5.58. The first kappa shape index (κ1) is 15.3. The maximum absolute atomic E-state index is 14.4. The number of ether oxygens (including phenoxy) is 1. The van der Waals surface area contributed by atoms with E-state index in [2.05, 4.69) is 0 Å². The Bertz CT molecular complexity index is 775. The van der Waals surface area contributed by atoms with Gasteiger partial charge in [-0.25, -0.2) is 8.78 Å². The lowest BCUT2D eigenvalue weighted by Gasteiger charge is -2.34. The van der Waals surface area contributed by atoms with Gasteiger partial charge in [0, 0.05) is 0 Å². The highest BCUT2D eigenvalue weighted by molar-refractivity contribution is 6.00. The van der Waals surface area contributed by atoms with Crippen molar-refractivity contribution >= 4 is 17.3 Å². The summed E-state index contributed by atoms with van der Waals surface area (Å²) in [6.45, 7) is 3.41. The molecule has 2 N–H and O–H groups in total. The Morgan fingerprint density at radius 2 is 1.91 bits per heavy atom. The van der Waals surface area contributed by atoms with Crippen LogP contribution in [0.2, 0.25) is 0 Å². The van der Waals surface area contributed by atoms with Crippen LogP contribution in [0.15, 0.2) is 30.3 Å². The Hall–Kier alpha value is -2.63. The summed E-state index contributed by atoms with van der Waals surface area (Å²) in [5, 5.41) is 0. The largest absolute Gasteiger partial charge is 0.476 e. The fourth-order valence-electron chi connectivity index (χ4n) is 2.57. The fraction of sp³-hybridized carbons (Fsp3) is 0.235. The number of carbonyl (C=O) groups excluding carboxylic acids is 1. The molecule has 0 spiro atoms. The summed E-state index contributed by atoms with van der Waals surface area (Å²) in [7, 11) is 0. The molecule has 1 heterocycles. The van der Waals surface area contributed by atoms with Crippen LogP contribution in [0.3, 0.4) is 0 Å². The Kier molecular flexibility index (Phi) is 3.67. The maximum Gasteiger partial charge on any atom is 0.268 e. The topological polar surface area (TPSA) is 55.6 Å². The Balaban J connectivity index is 2.06. The van der Waals surface area contributed by atoms with Gasteiger partial charge in [-0.3, -0.25) is 4.79 Å². The molecular formula is C17H16F2N2O2. The summed E-state index contributed by atoms with van der Waals surface area (Å²) >= 11 is 0. The van der Waals surface area contributed by atoms with Gasteiger partial charge in [0.1, 0.15) is 5.82 Å². The molecule has 1 amide bonds. The normalized spacial score (nSPS) is 17.0. The third kappa shape index (κ3) is 2.60. The second kappa shape index (κ2) is 5.53. The lowest BCUT2D eigenvalue weighted by molar-refractivity contribution is -0.125. The summed E-state index contributed by atoms with van der Waals surface area (Å²) in [5.41, 5.74) is 7.30. The van der Waals surface area contributed by atoms with Crippen LogP contribution in [0.5, 0.6) is 5.75 Å². The van der Waals surface area contributed by atoms with Gasteiger partial charge in [-0.1, -0.05) is 12.1 Å². The van der Waals surface area contributed by atoms with Gasteiger partial charge in [-0.15, -0.1) is 0 Å². The van der Waals surface area contributed by atoms with Gasteiger partial charge in [0.2, 0.25) is 0 Å². The molecule has 0 fully saturated rings. The molecular weight excluding hydrogens is 302 g/mol. The molecule has 1 aliphatic rings. The van der Waals surface area contributed by atoms with Crippen molar-refractivity contribution in [2.75, 3.05) is 10.6 Å². The number of nitrogens with zero attached hydrogens (tertiary/aromatic N) is 1. The quantitative estimate of drug-likeness (QED) is 0.865. The van der Waals surface area contributed by atoms with E-state index in [-0.39, 0.29) is 29.7 Å². The smallest absolute Gasteiger partial charge is 0.268 e. The first-order chi connectivity index (χ1) is 10.9. The molecule has 0 radical (unpaired) electrons. The highest BCUT2D eigenvalue weighted by Gasteiger charge is 2.34. The van der Waals surface area contributed by atoms with Crippen LogP contribution in [0.1, 0.15) is 18.1 Å². The number of carbonyl (C=O) groups is 1.